The van der Waals surface area contributed by atoms with Crippen LogP contribution in [0.15, 0.2) is 12.2 Å². The molecule has 0 aromatic rings. The van der Waals surface area contributed by atoms with Gasteiger partial charge in [-0.05, 0) is 25.8 Å². The Balaban J connectivity index is 2.04. The Labute approximate surface area is 95.9 Å². The number of cyclic esters (lactones) is 1. The lowest BCUT2D eigenvalue weighted by Crippen LogP contribution is -2.25. The molecule has 0 aromatic heterocycles. The van der Waals surface area contributed by atoms with Crippen molar-refractivity contribution in [2.45, 2.75) is 57.3 Å². The van der Waals surface area contributed by atoms with Crippen molar-refractivity contribution in [3.05, 3.63) is 12.2 Å². The summed E-state index contributed by atoms with van der Waals surface area (Å²) in [4.78, 5) is 10.8. The van der Waals surface area contributed by atoms with E-state index in [9.17, 15) is 9.90 Å². The summed E-state index contributed by atoms with van der Waals surface area (Å²) in [5.41, 5.74) is 0. The molecule has 0 aliphatic carbocycles. The number of hydrogen-bond donors (Lipinski definition) is 2. The van der Waals surface area contributed by atoms with E-state index in [0.717, 1.165) is 25.7 Å². The molecular formula is C12H20O4. The molecule has 1 aliphatic rings. The number of rotatable bonds is 7. The molecule has 1 heterocycles. The van der Waals surface area contributed by atoms with Crippen LogP contribution in [0.25, 0.3) is 0 Å². The lowest BCUT2D eigenvalue weighted by Gasteiger charge is -2.15. The summed E-state index contributed by atoms with van der Waals surface area (Å²) in [7, 11) is 0. The van der Waals surface area contributed by atoms with Crippen molar-refractivity contribution in [1.29, 1.82) is 0 Å². The first-order valence-corrected chi connectivity index (χ1v) is 5.84. The summed E-state index contributed by atoms with van der Waals surface area (Å²) in [5.74, 6) is -0.377. The van der Waals surface area contributed by atoms with Gasteiger partial charge in [0, 0.05) is 6.08 Å². The highest BCUT2D eigenvalue weighted by molar-refractivity contribution is 5.84. The zero-order valence-corrected chi connectivity index (χ0v) is 9.63. The fourth-order valence-corrected chi connectivity index (χ4v) is 1.73. The maximum atomic E-state index is 10.8. The van der Waals surface area contributed by atoms with Gasteiger partial charge in [0.05, 0.1) is 12.2 Å². The molecule has 4 nitrogen and oxygen atoms in total. The zero-order valence-electron chi connectivity index (χ0n) is 9.63. The summed E-state index contributed by atoms with van der Waals surface area (Å²) in [6.45, 7) is 1.78. The van der Waals surface area contributed by atoms with E-state index in [-0.39, 0.29) is 12.1 Å². The molecule has 3 atom stereocenters. The first-order chi connectivity index (χ1) is 7.59. The Morgan fingerprint density at radius 3 is 2.56 bits per heavy atom. The minimum absolute atomic E-state index is 0.247. The quantitative estimate of drug-likeness (QED) is 0.507. The Kier molecular flexibility index (Phi) is 5.49. The smallest absolute Gasteiger partial charge is 0.331 e. The second-order valence-corrected chi connectivity index (χ2v) is 4.31. The first-order valence-electron chi connectivity index (χ1n) is 5.84. The third-order valence-corrected chi connectivity index (χ3v) is 2.68. The van der Waals surface area contributed by atoms with Gasteiger partial charge in [-0.1, -0.05) is 19.3 Å². The highest BCUT2D eigenvalue weighted by Gasteiger charge is 2.23. The fraction of sp³-hybridized carbons (Fsp3) is 0.750. The summed E-state index contributed by atoms with van der Waals surface area (Å²) >= 11 is 0. The van der Waals surface area contributed by atoms with Crippen LogP contribution in [0.1, 0.15) is 39.0 Å². The number of hydrogen-bond acceptors (Lipinski definition) is 4. The Bertz CT molecular complexity index is 247. The van der Waals surface area contributed by atoms with Crippen LogP contribution in [0.5, 0.6) is 0 Å². The topological polar surface area (TPSA) is 66.8 Å². The lowest BCUT2D eigenvalue weighted by atomic mass is 10.0. The molecule has 16 heavy (non-hydrogen) atoms. The third kappa shape index (κ3) is 4.77. The van der Waals surface area contributed by atoms with Crippen molar-refractivity contribution in [1.82, 2.24) is 0 Å². The second kappa shape index (κ2) is 6.66. The first kappa shape index (κ1) is 13.2. The van der Waals surface area contributed by atoms with Gasteiger partial charge < -0.3 is 14.9 Å². The third-order valence-electron chi connectivity index (χ3n) is 2.68. The maximum Gasteiger partial charge on any atom is 0.331 e. The molecule has 0 saturated carbocycles. The molecule has 0 saturated heterocycles. The van der Waals surface area contributed by atoms with Crippen LogP contribution in [-0.2, 0) is 9.53 Å². The van der Waals surface area contributed by atoms with Crippen molar-refractivity contribution in [3.63, 3.8) is 0 Å². The molecule has 0 unspecified atom stereocenters. The van der Waals surface area contributed by atoms with E-state index in [0.29, 0.717) is 6.42 Å². The Morgan fingerprint density at radius 2 is 2.00 bits per heavy atom. The Hall–Kier alpha value is -0.870. The highest BCUT2D eigenvalue weighted by Crippen LogP contribution is 2.15. The van der Waals surface area contributed by atoms with E-state index < -0.39 is 12.2 Å². The van der Waals surface area contributed by atoms with Crippen LogP contribution in [0.3, 0.4) is 0 Å². The molecule has 4 heteroatoms. The van der Waals surface area contributed by atoms with Gasteiger partial charge in [-0.2, -0.15) is 0 Å². The van der Waals surface area contributed by atoms with Gasteiger partial charge in [-0.15, -0.1) is 0 Å². The number of ether oxygens (including phenoxy) is 1. The van der Waals surface area contributed by atoms with E-state index in [1.807, 2.05) is 0 Å². The van der Waals surface area contributed by atoms with Gasteiger partial charge >= 0.3 is 5.97 Å². The number of unbranched alkanes of at least 4 members (excludes halogenated alkanes) is 2. The maximum absolute atomic E-state index is 10.8. The molecular weight excluding hydrogens is 208 g/mol. The van der Waals surface area contributed by atoms with Crippen molar-refractivity contribution >= 4 is 5.97 Å². The molecule has 0 aromatic carbocycles. The van der Waals surface area contributed by atoms with E-state index >= 15 is 0 Å². The highest BCUT2D eigenvalue weighted by atomic mass is 16.6. The molecule has 0 fully saturated rings. The van der Waals surface area contributed by atoms with Crippen LogP contribution >= 0.6 is 0 Å². The molecule has 0 bridgehead atoms. The van der Waals surface area contributed by atoms with E-state index in [1.165, 1.54) is 6.08 Å². The van der Waals surface area contributed by atoms with Crippen LogP contribution in [0.2, 0.25) is 0 Å². The summed E-state index contributed by atoms with van der Waals surface area (Å²) < 4.78 is 4.88. The molecule has 0 radical (unpaired) electrons. The number of aliphatic hydroxyl groups is 2. The lowest BCUT2D eigenvalue weighted by molar-refractivity contribution is -0.142. The predicted octanol–water partition coefficient (Wildman–Crippen LogP) is 1.16. The van der Waals surface area contributed by atoms with Crippen LogP contribution in [0, 0.1) is 0 Å². The van der Waals surface area contributed by atoms with Crippen molar-refractivity contribution in [3.8, 4) is 0 Å². The number of carbonyl (C=O) groups is 1. The van der Waals surface area contributed by atoms with Gasteiger partial charge in [0.1, 0.15) is 6.10 Å². The predicted molar refractivity (Wildman–Crippen MR) is 59.8 cm³/mol. The molecule has 0 spiro atoms. The molecule has 0 amide bonds. The van der Waals surface area contributed by atoms with Gasteiger partial charge in [-0.25, -0.2) is 4.79 Å². The van der Waals surface area contributed by atoms with Crippen molar-refractivity contribution in [2.75, 3.05) is 0 Å². The summed E-state index contributed by atoms with van der Waals surface area (Å²) in [6.07, 6.45) is 5.88. The standard InChI is InChI=1S/C12H20O4/c1-9(13)5-3-2-4-6-10(14)11-7-8-12(15)16-11/h7-11,13-14H,2-6H2,1H3/t9-,10-,11-/m0/s1. The van der Waals surface area contributed by atoms with Crippen LogP contribution in [-0.4, -0.2) is 34.5 Å². The minimum atomic E-state index is -0.603. The van der Waals surface area contributed by atoms with Gasteiger partial charge in [0.25, 0.3) is 0 Å². The SMILES string of the molecule is C[C@H](O)CCCCC[C@H](O)[C@@H]1C=CC(=O)O1. The second-order valence-electron chi connectivity index (χ2n) is 4.31. The van der Waals surface area contributed by atoms with Crippen molar-refractivity contribution < 1.29 is 19.7 Å². The number of aliphatic hydroxyl groups excluding tert-OH is 2. The molecule has 1 aliphatic heterocycles. The Morgan fingerprint density at radius 1 is 1.31 bits per heavy atom. The van der Waals surface area contributed by atoms with E-state index in [1.54, 1.807) is 13.0 Å². The van der Waals surface area contributed by atoms with Gasteiger partial charge in [0.15, 0.2) is 0 Å². The fourth-order valence-electron chi connectivity index (χ4n) is 1.73. The summed E-state index contributed by atoms with van der Waals surface area (Å²) in [6, 6.07) is 0. The largest absolute Gasteiger partial charge is 0.452 e. The van der Waals surface area contributed by atoms with Crippen molar-refractivity contribution in [2.24, 2.45) is 0 Å². The molecule has 2 N–H and O–H groups in total. The molecule has 92 valence electrons. The van der Waals surface area contributed by atoms with Gasteiger partial charge in [-0.3, -0.25) is 0 Å². The van der Waals surface area contributed by atoms with E-state index in [2.05, 4.69) is 0 Å². The number of carbonyl (C=O) groups excluding carboxylic acids is 1. The monoisotopic (exact) mass is 228 g/mol. The average Bonchev–Trinajstić information content (AvgIpc) is 2.63. The van der Waals surface area contributed by atoms with Crippen LogP contribution < -0.4 is 0 Å². The minimum Gasteiger partial charge on any atom is -0.452 e. The van der Waals surface area contributed by atoms with E-state index in [4.69, 9.17) is 9.84 Å². The van der Waals surface area contributed by atoms with Gasteiger partial charge in [0.2, 0.25) is 0 Å². The van der Waals surface area contributed by atoms with Crippen LogP contribution in [0.4, 0.5) is 0 Å². The number of esters is 1. The zero-order chi connectivity index (χ0) is 12.0. The average molecular weight is 228 g/mol. The molecule has 1 rings (SSSR count). The summed E-state index contributed by atoms with van der Waals surface area (Å²) in [5, 5.41) is 18.7. The normalized spacial score (nSPS) is 23.2.